The molecule has 0 spiro atoms. The van der Waals surface area contributed by atoms with Crippen LogP contribution in [0.3, 0.4) is 0 Å². The Bertz CT molecular complexity index is 462. The van der Waals surface area contributed by atoms with Gasteiger partial charge in [0, 0.05) is 19.5 Å². The largest absolute Gasteiger partial charge is 0.356 e. The summed E-state index contributed by atoms with van der Waals surface area (Å²) < 4.78 is 0. The summed E-state index contributed by atoms with van der Waals surface area (Å²) in [5.74, 6) is 5.62. The number of carbonyl (C=O) groups excluding carboxylic acids is 2. The van der Waals surface area contributed by atoms with Gasteiger partial charge in [0.15, 0.2) is 0 Å². The van der Waals surface area contributed by atoms with Gasteiger partial charge in [-0.2, -0.15) is 0 Å². The Balaban J connectivity index is 2.34. The van der Waals surface area contributed by atoms with Gasteiger partial charge in [-0.3, -0.25) is 9.59 Å². The summed E-state index contributed by atoms with van der Waals surface area (Å²) in [7, 11) is 0. The molecular formula is C13H21N5O2. The first-order valence-corrected chi connectivity index (χ1v) is 6.51. The van der Waals surface area contributed by atoms with E-state index in [1.165, 1.54) is 0 Å². The number of anilines is 1. The lowest BCUT2D eigenvalue weighted by Gasteiger charge is -2.08. The molecule has 0 aliphatic heterocycles. The number of nitrogen functional groups attached to an aromatic ring is 1. The first-order chi connectivity index (χ1) is 9.52. The van der Waals surface area contributed by atoms with Gasteiger partial charge >= 0.3 is 0 Å². The van der Waals surface area contributed by atoms with Crippen LogP contribution in [0.1, 0.15) is 30.8 Å². The van der Waals surface area contributed by atoms with E-state index in [-0.39, 0.29) is 30.5 Å². The van der Waals surface area contributed by atoms with Crippen molar-refractivity contribution in [1.82, 2.24) is 15.6 Å². The first-order valence-electron chi connectivity index (χ1n) is 6.51. The summed E-state index contributed by atoms with van der Waals surface area (Å²) in [6, 6.07) is 4.90. The maximum absolute atomic E-state index is 11.8. The zero-order chi connectivity index (χ0) is 15.0. The Morgan fingerprint density at radius 3 is 2.70 bits per heavy atom. The fraction of sp³-hybridized carbons (Fsp3) is 0.462. The molecule has 1 aromatic rings. The molecule has 0 saturated heterocycles. The predicted octanol–water partition coefficient (Wildman–Crippen LogP) is 0.259. The smallest absolute Gasteiger partial charge is 0.269 e. The molecule has 0 aromatic carbocycles. The molecule has 7 nitrogen and oxygen atoms in total. The van der Waals surface area contributed by atoms with Gasteiger partial charge in [0.1, 0.15) is 11.5 Å². The molecule has 0 aliphatic rings. The highest BCUT2D eigenvalue weighted by Gasteiger charge is 2.08. The van der Waals surface area contributed by atoms with Crippen molar-refractivity contribution in [2.24, 2.45) is 11.8 Å². The van der Waals surface area contributed by atoms with Crippen molar-refractivity contribution in [2.75, 3.05) is 18.5 Å². The monoisotopic (exact) mass is 279 g/mol. The molecule has 1 aromatic heterocycles. The van der Waals surface area contributed by atoms with Crippen molar-refractivity contribution in [3.8, 4) is 0 Å². The van der Waals surface area contributed by atoms with Gasteiger partial charge in [0.2, 0.25) is 5.91 Å². The zero-order valence-electron chi connectivity index (χ0n) is 11.8. The van der Waals surface area contributed by atoms with Gasteiger partial charge in [-0.15, -0.1) is 0 Å². The van der Waals surface area contributed by atoms with Crippen LogP contribution in [0.5, 0.6) is 0 Å². The number of nitrogens with one attached hydrogen (secondary N) is 3. The van der Waals surface area contributed by atoms with E-state index in [4.69, 9.17) is 5.84 Å². The fourth-order valence-corrected chi connectivity index (χ4v) is 1.43. The minimum Gasteiger partial charge on any atom is -0.356 e. The molecule has 0 saturated carbocycles. The van der Waals surface area contributed by atoms with E-state index in [0.29, 0.717) is 18.3 Å². The van der Waals surface area contributed by atoms with Crippen LogP contribution >= 0.6 is 0 Å². The van der Waals surface area contributed by atoms with Crippen molar-refractivity contribution >= 4 is 17.6 Å². The van der Waals surface area contributed by atoms with Crippen molar-refractivity contribution in [1.29, 1.82) is 0 Å². The third kappa shape index (κ3) is 5.66. The number of amides is 2. The van der Waals surface area contributed by atoms with Crippen LogP contribution in [0, 0.1) is 5.92 Å². The number of aromatic nitrogens is 1. The van der Waals surface area contributed by atoms with Gasteiger partial charge < -0.3 is 16.1 Å². The van der Waals surface area contributed by atoms with Crippen molar-refractivity contribution in [2.45, 2.75) is 20.3 Å². The summed E-state index contributed by atoms with van der Waals surface area (Å²) in [5.41, 5.74) is 2.62. The minimum atomic E-state index is -0.334. The second kappa shape index (κ2) is 8.11. The van der Waals surface area contributed by atoms with Crippen molar-refractivity contribution in [3.05, 3.63) is 23.9 Å². The Kier molecular flexibility index (Phi) is 6.45. The van der Waals surface area contributed by atoms with Gasteiger partial charge in [-0.25, -0.2) is 10.8 Å². The first kappa shape index (κ1) is 15.9. The van der Waals surface area contributed by atoms with Crippen LogP contribution < -0.4 is 21.9 Å². The number of hydrazine groups is 1. The number of nitrogens with zero attached hydrogens (tertiary/aromatic N) is 1. The second-order valence-electron chi connectivity index (χ2n) is 4.76. The second-order valence-corrected chi connectivity index (χ2v) is 4.76. The van der Waals surface area contributed by atoms with E-state index < -0.39 is 0 Å². The molecule has 5 N–H and O–H groups in total. The molecule has 110 valence electrons. The van der Waals surface area contributed by atoms with E-state index in [1.807, 2.05) is 13.8 Å². The molecule has 0 unspecified atom stereocenters. The SMILES string of the molecule is CC(C)CNC(=O)CCNC(=O)c1cccc(NN)n1. The Morgan fingerprint density at radius 2 is 2.05 bits per heavy atom. The molecule has 7 heteroatoms. The lowest BCUT2D eigenvalue weighted by Crippen LogP contribution is -2.32. The number of pyridine rings is 1. The number of hydrogen-bond acceptors (Lipinski definition) is 5. The highest BCUT2D eigenvalue weighted by atomic mass is 16.2. The van der Waals surface area contributed by atoms with Crippen molar-refractivity contribution < 1.29 is 9.59 Å². The normalized spacial score (nSPS) is 10.2. The van der Waals surface area contributed by atoms with Gasteiger partial charge in [-0.05, 0) is 18.1 Å². The summed E-state index contributed by atoms with van der Waals surface area (Å²) in [6.07, 6.45) is 0.243. The van der Waals surface area contributed by atoms with Crippen molar-refractivity contribution in [3.63, 3.8) is 0 Å². The van der Waals surface area contributed by atoms with Crippen LogP contribution in [0.4, 0.5) is 5.82 Å². The summed E-state index contributed by atoms with van der Waals surface area (Å²) in [5, 5.41) is 5.42. The molecule has 0 bridgehead atoms. The average Bonchev–Trinajstić information content (AvgIpc) is 2.45. The van der Waals surface area contributed by atoms with Crippen LogP contribution in [0.2, 0.25) is 0 Å². The van der Waals surface area contributed by atoms with Crippen LogP contribution in [-0.4, -0.2) is 29.9 Å². The summed E-state index contributed by atoms with van der Waals surface area (Å²) >= 11 is 0. The van der Waals surface area contributed by atoms with Gasteiger partial charge in [-0.1, -0.05) is 19.9 Å². The molecule has 20 heavy (non-hydrogen) atoms. The third-order valence-electron chi connectivity index (χ3n) is 2.47. The Labute approximate surface area is 118 Å². The number of rotatable bonds is 7. The fourth-order valence-electron chi connectivity index (χ4n) is 1.43. The highest BCUT2D eigenvalue weighted by Crippen LogP contribution is 2.02. The summed E-state index contributed by atoms with van der Waals surface area (Å²) in [6.45, 7) is 4.95. The molecule has 2 amide bonds. The van der Waals surface area contributed by atoms with E-state index in [1.54, 1.807) is 18.2 Å². The quantitative estimate of drug-likeness (QED) is 0.423. The van der Waals surface area contributed by atoms with Crippen LogP contribution in [0.25, 0.3) is 0 Å². The molecular weight excluding hydrogens is 258 g/mol. The number of carbonyl (C=O) groups is 2. The average molecular weight is 279 g/mol. The molecule has 1 heterocycles. The van der Waals surface area contributed by atoms with Gasteiger partial charge in [0.25, 0.3) is 5.91 Å². The van der Waals surface area contributed by atoms with Crippen LogP contribution in [0.15, 0.2) is 18.2 Å². The number of hydrogen-bond donors (Lipinski definition) is 4. The standard InChI is InChI=1S/C13H21N5O2/c1-9(2)8-16-12(19)6-7-15-13(20)10-4-3-5-11(17-10)18-14/h3-5,9H,6-8,14H2,1-2H3,(H,15,20)(H,16,19)(H,17,18). The van der Waals surface area contributed by atoms with E-state index in [0.717, 1.165) is 0 Å². The van der Waals surface area contributed by atoms with E-state index >= 15 is 0 Å². The van der Waals surface area contributed by atoms with Crippen LogP contribution in [-0.2, 0) is 4.79 Å². The molecule has 0 radical (unpaired) electrons. The lowest BCUT2D eigenvalue weighted by molar-refractivity contribution is -0.121. The topological polar surface area (TPSA) is 109 Å². The van der Waals surface area contributed by atoms with E-state index in [9.17, 15) is 9.59 Å². The molecule has 1 rings (SSSR count). The molecule has 0 atom stereocenters. The molecule has 0 aliphatic carbocycles. The maximum Gasteiger partial charge on any atom is 0.269 e. The minimum absolute atomic E-state index is 0.0793. The van der Waals surface area contributed by atoms with E-state index in [2.05, 4.69) is 21.0 Å². The zero-order valence-corrected chi connectivity index (χ0v) is 11.8. The maximum atomic E-state index is 11.8. The third-order valence-corrected chi connectivity index (χ3v) is 2.47. The number of nitrogens with two attached hydrogens (primary N) is 1. The lowest BCUT2D eigenvalue weighted by atomic mass is 10.2. The van der Waals surface area contributed by atoms with Gasteiger partial charge in [0.05, 0.1) is 0 Å². The molecule has 0 fully saturated rings. The predicted molar refractivity (Wildman–Crippen MR) is 76.8 cm³/mol. The summed E-state index contributed by atoms with van der Waals surface area (Å²) in [4.78, 5) is 27.2. The highest BCUT2D eigenvalue weighted by molar-refractivity contribution is 5.92. The Morgan fingerprint density at radius 1 is 1.30 bits per heavy atom. The Hall–Kier alpha value is -2.15.